The van der Waals surface area contributed by atoms with Gasteiger partial charge in [-0.15, -0.1) is 0 Å². The zero-order valence-corrected chi connectivity index (χ0v) is 20.4. The second kappa shape index (κ2) is 10.8. The van der Waals surface area contributed by atoms with E-state index in [9.17, 15) is 0 Å². The van der Waals surface area contributed by atoms with E-state index in [0.717, 1.165) is 16.1 Å². The molecule has 0 spiro atoms. The molecule has 0 amide bonds. The first kappa shape index (κ1) is 21.0. The Morgan fingerprint density at radius 2 is 1.40 bits per heavy atom. The Morgan fingerprint density at radius 3 is 1.88 bits per heavy atom. The predicted octanol–water partition coefficient (Wildman–Crippen LogP) is 7.16. The fourth-order valence-electron chi connectivity index (χ4n) is 3.59. The normalized spacial score (nSPS) is 11.8. The number of benzene rings is 1. The molecular weight excluding hydrogens is 481 g/mol. The summed E-state index contributed by atoms with van der Waals surface area (Å²) in [6, 6.07) is 10.3. The minimum atomic E-state index is -2.58. The van der Waals surface area contributed by atoms with Crippen LogP contribution in [0.4, 0.5) is 0 Å². The van der Waals surface area contributed by atoms with Gasteiger partial charge in [0, 0.05) is 0 Å². The summed E-state index contributed by atoms with van der Waals surface area (Å²) in [4.78, 5) is 4.77. The van der Waals surface area contributed by atoms with E-state index >= 15 is 0 Å². The molecule has 138 valence electrons. The summed E-state index contributed by atoms with van der Waals surface area (Å²) in [7, 11) is 0. The molecule has 0 aliphatic carbocycles. The zero-order chi connectivity index (χ0) is 18.1. The van der Waals surface area contributed by atoms with Crippen molar-refractivity contribution in [1.29, 1.82) is 0 Å². The van der Waals surface area contributed by atoms with Crippen LogP contribution in [0, 0.1) is 0 Å². The molecule has 0 atom stereocenters. The van der Waals surface area contributed by atoms with Gasteiger partial charge >= 0.3 is 166 Å². The number of hydrogen-bond acceptors (Lipinski definition) is 2. The minimum absolute atomic E-state index is 0.785. The van der Waals surface area contributed by atoms with Crippen molar-refractivity contribution in [3.05, 3.63) is 34.9 Å². The Bertz CT molecular complexity index is 604. The number of oxazole rings is 1. The van der Waals surface area contributed by atoms with E-state index in [1.807, 2.05) is 6.07 Å². The van der Waals surface area contributed by atoms with Crippen molar-refractivity contribution in [2.45, 2.75) is 72.6 Å². The monoisotopic (exact) mass is 513 g/mol. The van der Waals surface area contributed by atoms with Crippen molar-refractivity contribution < 1.29 is 4.42 Å². The van der Waals surface area contributed by atoms with Gasteiger partial charge in [0.05, 0.1) is 0 Å². The van der Waals surface area contributed by atoms with Crippen LogP contribution in [0.2, 0.25) is 13.3 Å². The van der Waals surface area contributed by atoms with Gasteiger partial charge in [-0.05, 0) is 0 Å². The van der Waals surface area contributed by atoms with Crippen LogP contribution >= 0.6 is 15.9 Å². The van der Waals surface area contributed by atoms with Gasteiger partial charge in [0.2, 0.25) is 0 Å². The van der Waals surface area contributed by atoms with E-state index in [-0.39, 0.29) is 0 Å². The number of nitrogens with zero attached hydrogens (tertiary/aromatic N) is 1. The third-order valence-corrected chi connectivity index (χ3v) is 21.6. The maximum absolute atomic E-state index is 6.49. The fraction of sp³-hybridized carbons (Fsp3) is 0.571. The molecule has 0 saturated carbocycles. The van der Waals surface area contributed by atoms with Gasteiger partial charge in [-0.3, -0.25) is 0 Å². The quantitative estimate of drug-likeness (QED) is 0.298. The Kier molecular flexibility index (Phi) is 9.04. The third kappa shape index (κ3) is 5.59. The van der Waals surface area contributed by atoms with Crippen molar-refractivity contribution in [2.75, 3.05) is 0 Å². The molecule has 25 heavy (non-hydrogen) atoms. The predicted molar refractivity (Wildman–Crippen MR) is 114 cm³/mol. The first-order chi connectivity index (χ1) is 12.2. The van der Waals surface area contributed by atoms with Crippen LogP contribution in [0.15, 0.2) is 39.4 Å². The fourth-order valence-corrected chi connectivity index (χ4v) is 21.9. The molecule has 4 heteroatoms. The van der Waals surface area contributed by atoms with E-state index in [4.69, 9.17) is 9.40 Å². The van der Waals surface area contributed by atoms with Crippen molar-refractivity contribution in [2.24, 2.45) is 0 Å². The Balaban J connectivity index is 2.42. The van der Waals surface area contributed by atoms with Gasteiger partial charge in [0.15, 0.2) is 0 Å². The average Bonchev–Trinajstić information content (AvgIpc) is 3.05. The molecule has 0 fully saturated rings. The molecule has 0 unspecified atom stereocenters. The number of rotatable bonds is 11. The molecule has 0 bridgehead atoms. The van der Waals surface area contributed by atoms with E-state index in [1.165, 1.54) is 55.6 Å². The van der Waals surface area contributed by atoms with Gasteiger partial charge in [-0.25, -0.2) is 0 Å². The number of halogens is 1. The van der Waals surface area contributed by atoms with E-state index < -0.39 is 18.4 Å². The van der Waals surface area contributed by atoms with Crippen LogP contribution in [0.1, 0.15) is 59.3 Å². The maximum atomic E-state index is 6.49. The summed E-state index contributed by atoms with van der Waals surface area (Å²) in [6.45, 7) is 6.92. The van der Waals surface area contributed by atoms with Crippen LogP contribution in [0.3, 0.4) is 0 Å². The Hall–Kier alpha value is -0.291. The summed E-state index contributed by atoms with van der Waals surface area (Å²) in [5.41, 5.74) is 1.08. The van der Waals surface area contributed by atoms with Crippen molar-refractivity contribution in [3.63, 3.8) is 0 Å². The number of hydrogen-bond donors (Lipinski definition) is 0. The van der Waals surface area contributed by atoms with Gasteiger partial charge in [0.1, 0.15) is 0 Å². The average molecular weight is 513 g/mol. The zero-order valence-electron chi connectivity index (χ0n) is 16.0. The summed E-state index contributed by atoms with van der Waals surface area (Å²) in [5, 5.41) is 0. The van der Waals surface area contributed by atoms with E-state index in [1.54, 1.807) is 0 Å². The van der Waals surface area contributed by atoms with Crippen molar-refractivity contribution in [1.82, 2.24) is 4.98 Å². The Labute approximate surface area is 165 Å². The molecule has 2 nitrogen and oxygen atoms in total. The number of aromatic nitrogens is 1. The Morgan fingerprint density at radius 1 is 0.880 bits per heavy atom. The summed E-state index contributed by atoms with van der Waals surface area (Å²) >= 11 is 1.20. The van der Waals surface area contributed by atoms with Crippen LogP contribution in [-0.4, -0.2) is 23.4 Å². The van der Waals surface area contributed by atoms with Crippen molar-refractivity contribution in [3.8, 4) is 11.5 Å². The van der Waals surface area contributed by atoms with Gasteiger partial charge in [0.25, 0.3) is 0 Å². The summed E-state index contributed by atoms with van der Waals surface area (Å²) in [5.74, 6) is 0.785. The summed E-state index contributed by atoms with van der Waals surface area (Å²) in [6.07, 6.45) is 7.81. The molecule has 0 aliphatic rings. The van der Waals surface area contributed by atoms with Crippen LogP contribution < -0.4 is 3.78 Å². The molecule has 2 aromatic rings. The molecule has 0 aliphatic heterocycles. The van der Waals surface area contributed by atoms with Crippen molar-refractivity contribution >= 4 is 38.1 Å². The molecule has 0 saturated heterocycles. The molecule has 1 aromatic carbocycles. The van der Waals surface area contributed by atoms with Crippen LogP contribution in [0.25, 0.3) is 11.5 Å². The molecule has 2 rings (SSSR count). The molecule has 0 radical (unpaired) electrons. The van der Waals surface area contributed by atoms with Crippen LogP contribution in [0.5, 0.6) is 0 Å². The first-order valence-electron chi connectivity index (χ1n) is 9.89. The first-order valence-corrected chi connectivity index (χ1v) is 18.2. The topological polar surface area (TPSA) is 26.0 Å². The third-order valence-electron chi connectivity index (χ3n) is 5.11. The molecule has 0 N–H and O–H groups in total. The SMILES string of the molecule is CCC[CH2][Sn]([CH2]CCC)([CH2]CCC)[c]1oc(-c2ccccc2)nc1Br. The molecule has 1 aromatic heterocycles. The molecular formula is C21H32BrNOSn. The second-order valence-corrected chi connectivity index (χ2v) is 20.7. The van der Waals surface area contributed by atoms with E-state index in [2.05, 4.69) is 61.0 Å². The van der Waals surface area contributed by atoms with Gasteiger partial charge in [-0.2, -0.15) is 0 Å². The second-order valence-electron chi connectivity index (χ2n) is 7.10. The van der Waals surface area contributed by atoms with E-state index in [0.29, 0.717) is 0 Å². The number of unbranched alkanes of at least 4 members (excludes halogenated alkanes) is 3. The summed E-state index contributed by atoms with van der Waals surface area (Å²) < 4.78 is 13.0. The standard InChI is InChI=1S/C9H5BrNO.3C4H9.Sn/c10-8-6-12-9(11-8)7-4-2-1-3-5-7;3*1-3-4-2;/h1-5H;3*1,3-4H2,2H3;. The van der Waals surface area contributed by atoms with Crippen LogP contribution in [-0.2, 0) is 0 Å². The van der Waals surface area contributed by atoms with Gasteiger partial charge < -0.3 is 0 Å². The molecule has 1 heterocycles. The van der Waals surface area contributed by atoms with Gasteiger partial charge in [-0.1, -0.05) is 0 Å².